The average Bonchev–Trinajstić information content (AvgIpc) is 3.08. The fourth-order valence-corrected chi connectivity index (χ4v) is 4.97. The molecule has 1 N–H and O–H groups in total. The molecule has 4 saturated heterocycles. The van der Waals surface area contributed by atoms with Crippen LogP contribution in [0, 0.1) is 5.92 Å². The quantitative estimate of drug-likeness (QED) is 0.782. The van der Waals surface area contributed by atoms with Gasteiger partial charge in [-0.25, -0.2) is 0 Å². The van der Waals surface area contributed by atoms with Crippen molar-refractivity contribution >= 4 is 5.91 Å². The summed E-state index contributed by atoms with van der Waals surface area (Å²) in [4.78, 5) is 17.8. The Kier molecular flexibility index (Phi) is 3.26. The first kappa shape index (κ1) is 13.1. The molecule has 4 heterocycles. The van der Waals surface area contributed by atoms with E-state index in [1.165, 1.54) is 38.6 Å². The summed E-state index contributed by atoms with van der Waals surface area (Å²) in [5.74, 6) is 0.716. The minimum atomic E-state index is 0.270. The molecule has 2 bridgehead atoms. The van der Waals surface area contributed by atoms with E-state index in [1.807, 2.05) is 0 Å². The molecule has 4 heteroatoms. The van der Waals surface area contributed by atoms with Crippen LogP contribution in [0.4, 0.5) is 0 Å². The zero-order chi connectivity index (χ0) is 13.7. The molecule has 0 saturated carbocycles. The molecular formula is C16H27N3O. The van der Waals surface area contributed by atoms with Gasteiger partial charge in [0.05, 0.1) is 5.92 Å². The Bertz CT molecular complexity index is 399. The van der Waals surface area contributed by atoms with Crippen LogP contribution in [0.3, 0.4) is 0 Å². The van der Waals surface area contributed by atoms with Crippen LogP contribution in [0.15, 0.2) is 0 Å². The number of piperidine rings is 1. The van der Waals surface area contributed by atoms with Crippen LogP contribution in [0.2, 0.25) is 0 Å². The monoisotopic (exact) mass is 277 g/mol. The predicted octanol–water partition coefficient (Wildman–Crippen LogP) is 1.21. The van der Waals surface area contributed by atoms with Gasteiger partial charge in [0.25, 0.3) is 0 Å². The highest BCUT2D eigenvalue weighted by molar-refractivity contribution is 5.80. The van der Waals surface area contributed by atoms with Crippen LogP contribution in [0.1, 0.15) is 45.4 Å². The van der Waals surface area contributed by atoms with Crippen molar-refractivity contribution < 1.29 is 4.79 Å². The Morgan fingerprint density at radius 2 is 2.05 bits per heavy atom. The van der Waals surface area contributed by atoms with E-state index >= 15 is 0 Å². The van der Waals surface area contributed by atoms with Crippen LogP contribution in [0.5, 0.6) is 0 Å². The first-order chi connectivity index (χ1) is 9.72. The van der Waals surface area contributed by atoms with Gasteiger partial charge in [0.1, 0.15) is 0 Å². The second-order valence-corrected chi connectivity index (χ2v) is 7.37. The number of nitrogens with one attached hydrogen (secondary N) is 1. The van der Waals surface area contributed by atoms with Gasteiger partial charge in [0.2, 0.25) is 5.91 Å². The third kappa shape index (κ3) is 2.08. The molecule has 0 aromatic rings. The molecule has 1 amide bonds. The lowest BCUT2D eigenvalue weighted by atomic mass is 9.87. The predicted molar refractivity (Wildman–Crippen MR) is 78.4 cm³/mol. The molecule has 0 radical (unpaired) electrons. The third-order valence-electron chi connectivity index (χ3n) is 6.09. The summed E-state index contributed by atoms with van der Waals surface area (Å²) in [5.41, 5.74) is 0. The Labute approximate surface area is 121 Å². The number of hydrogen-bond donors (Lipinski definition) is 1. The van der Waals surface area contributed by atoms with Crippen molar-refractivity contribution in [3.63, 3.8) is 0 Å². The lowest BCUT2D eigenvalue weighted by Gasteiger charge is -2.48. The maximum Gasteiger partial charge on any atom is 0.227 e. The van der Waals surface area contributed by atoms with Gasteiger partial charge in [-0.05, 0) is 45.6 Å². The number of rotatable bonds is 1. The number of carbonyl (C=O) groups excluding carboxylic acids is 1. The van der Waals surface area contributed by atoms with E-state index in [0.717, 1.165) is 19.5 Å². The van der Waals surface area contributed by atoms with Gasteiger partial charge >= 0.3 is 0 Å². The van der Waals surface area contributed by atoms with Gasteiger partial charge in [-0.15, -0.1) is 0 Å². The van der Waals surface area contributed by atoms with Crippen molar-refractivity contribution in [3.05, 3.63) is 0 Å². The third-order valence-corrected chi connectivity index (χ3v) is 6.09. The molecule has 4 rings (SSSR count). The molecule has 5 unspecified atom stereocenters. The van der Waals surface area contributed by atoms with Crippen LogP contribution in [0.25, 0.3) is 0 Å². The van der Waals surface area contributed by atoms with Crippen LogP contribution in [-0.4, -0.2) is 59.5 Å². The van der Waals surface area contributed by atoms with Crippen molar-refractivity contribution in [3.8, 4) is 0 Å². The Morgan fingerprint density at radius 1 is 1.15 bits per heavy atom. The lowest BCUT2D eigenvalue weighted by molar-refractivity contribution is -0.143. The molecule has 4 aliphatic heterocycles. The first-order valence-corrected chi connectivity index (χ1v) is 8.53. The molecule has 5 atom stereocenters. The number of fused-ring (bicyclic) bond motifs is 3. The number of carbonyl (C=O) groups is 1. The molecule has 4 aliphatic rings. The summed E-state index contributed by atoms with van der Waals surface area (Å²) in [6, 6.07) is 2.13. The number of nitrogens with zero attached hydrogens (tertiary/aromatic N) is 2. The average molecular weight is 277 g/mol. The van der Waals surface area contributed by atoms with Gasteiger partial charge < -0.3 is 10.2 Å². The highest BCUT2D eigenvalue weighted by atomic mass is 16.2. The van der Waals surface area contributed by atoms with E-state index in [4.69, 9.17) is 0 Å². The summed E-state index contributed by atoms with van der Waals surface area (Å²) in [6.07, 6.45) is 7.53. The van der Waals surface area contributed by atoms with Crippen molar-refractivity contribution in [1.82, 2.24) is 15.1 Å². The fraction of sp³-hybridized carbons (Fsp3) is 0.938. The summed E-state index contributed by atoms with van der Waals surface area (Å²) in [7, 11) is 0. The van der Waals surface area contributed by atoms with Crippen LogP contribution < -0.4 is 5.32 Å². The summed E-state index contributed by atoms with van der Waals surface area (Å²) in [5, 5.41) is 3.61. The Balaban J connectivity index is 1.46. The van der Waals surface area contributed by atoms with Gasteiger partial charge in [0.15, 0.2) is 0 Å². The lowest BCUT2D eigenvalue weighted by Crippen LogP contribution is -2.61. The maximum absolute atomic E-state index is 12.9. The molecule has 4 fully saturated rings. The van der Waals surface area contributed by atoms with Gasteiger partial charge in [-0.2, -0.15) is 0 Å². The van der Waals surface area contributed by atoms with E-state index in [0.29, 0.717) is 30.1 Å². The standard InChI is InChI=1S/C16H27N3O/c1-11-9-18-7-3-2-4-13(18)10-19(11)16(20)14-8-12-5-6-15(14)17-12/h11-15,17H,2-10H2,1H3. The number of hydrogen-bond acceptors (Lipinski definition) is 3. The van der Waals surface area contributed by atoms with Gasteiger partial charge in [-0.3, -0.25) is 9.69 Å². The maximum atomic E-state index is 12.9. The van der Waals surface area contributed by atoms with Crippen LogP contribution in [-0.2, 0) is 4.79 Å². The fourth-order valence-electron chi connectivity index (χ4n) is 4.97. The second kappa shape index (κ2) is 4.99. The highest BCUT2D eigenvalue weighted by Gasteiger charge is 2.46. The SMILES string of the molecule is CC1CN2CCCCC2CN1C(=O)C1CC2CCC1N2. The van der Waals surface area contributed by atoms with Crippen LogP contribution >= 0.6 is 0 Å². The molecule has 0 aromatic heterocycles. The topological polar surface area (TPSA) is 35.6 Å². The van der Waals surface area contributed by atoms with E-state index in [9.17, 15) is 4.79 Å². The summed E-state index contributed by atoms with van der Waals surface area (Å²) in [6.45, 7) is 5.55. The smallest absolute Gasteiger partial charge is 0.227 e. The molecule has 0 spiro atoms. The van der Waals surface area contributed by atoms with E-state index in [2.05, 4.69) is 22.0 Å². The number of piperazine rings is 1. The van der Waals surface area contributed by atoms with E-state index in [1.54, 1.807) is 0 Å². The summed E-state index contributed by atoms with van der Waals surface area (Å²) < 4.78 is 0. The highest BCUT2D eigenvalue weighted by Crippen LogP contribution is 2.35. The van der Waals surface area contributed by atoms with Crippen molar-refractivity contribution in [2.45, 2.75) is 69.6 Å². The Hall–Kier alpha value is -0.610. The molecular weight excluding hydrogens is 250 g/mol. The molecule has 4 nitrogen and oxygen atoms in total. The summed E-state index contributed by atoms with van der Waals surface area (Å²) >= 11 is 0. The molecule has 112 valence electrons. The largest absolute Gasteiger partial charge is 0.337 e. The normalized spacial score (nSPS) is 44.6. The minimum Gasteiger partial charge on any atom is -0.337 e. The van der Waals surface area contributed by atoms with Gasteiger partial charge in [0, 0.05) is 37.3 Å². The minimum absolute atomic E-state index is 0.270. The van der Waals surface area contributed by atoms with Crippen molar-refractivity contribution in [2.75, 3.05) is 19.6 Å². The number of amides is 1. The van der Waals surface area contributed by atoms with Gasteiger partial charge in [-0.1, -0.05) is 6.42 Å². The van der Waals surface area contributed by atoms with Crippen molar-refractivity contribution in [1.29, 1.82) is 0 Å². The zero-order valence-electron chi connectivity index (χ0n) is 12.6. The van der Waals surface area contributed by atoms with E-state index in [-0.39, 0.29) is 5.92 Å². The Morgan fingerprint density at radius 3 is 2.80 bits per heavy atom. The first-order valence-electron chi connectivity index (χ1n) is 8.53. The molecule has 20 heavy (non-hydrogen) atoms. The van der Waals surface area contributed by atoms with Crippen molar-refractivity contribution in [2.24, 2.45) is 5.92 Å². The zero-order valence-corrected chi connectivity index (χ0v) is 12.6. The molecule has 0 aliphatic carbocycles. The second-order valence-electron chi connectivity index (χ2n) is 7.37. The van der Waals surface area contributed by atoms with E-state index < -0.39 is 0 Å². The molecule has 0 aromatic carbocycles.